The molecule has 8 N–H and O–H groups in total. The number of halogens is 5. The summed E-state index contributed by atoms with van der Waals surface area (Å²) in [6, 6.07) is 40.4. The van der Waals surface area contributed by atoms with Crippen molar-refractivity contribution in [3.63, 3.8) is 0 Å². The molecule has 0 radical (unpaired) electrons. The number of carbonyl (C=O) groups is 2. The number of carbonyl (C=O) groups excluding carboxylic acids is 2. The van der Waals surface area contributed by atoms with Crippen molar-refractivity contribution in [3.05, 3.63) is 206 Å². The van der Waals surface area contributed by atoms with Crippen LogP contribution in [0.25, 0.3) is 16.6 Å². The fourth-order valence-electron chi connectivity index (χ4n) is 16.4. The molecule has 11 aromatic rings. The largest absolute Gasteiger partial charge is 0.492 e. The first-order valence-corrected chi connectivity index (χ1v) is 52.0. The number of sulfonamides is 2. The summed E-state index contributed by atoms with van der Waals surface area (Å²) in [6.07, 6.45) is 19.7. The van der Waals surface area contributed by atoms with Gasteiger partial charge in [0.1, 0.15) is 73.5 Å². The zero-order valence-electron chi connectivity index (χ0n) is 73.9. The normalized spacial score (nSPS) is 18.1. The van der Waals surface area contributed by atoms with Gasteiger partial charge in [0.25, 0.3) is 0 Å². The van der Waals surface area contributed by atoms with Crippen molar-refractivity contribution in [2.24, 2.45) is 21.7 Å². The van der Waals surface area contributed by atoms with Gasteiger partial charge in [0.05, 0.1) is 99.1 Å². The number of fused-ring (bicyclic) bond motifs is 2. The highest BCUT2D eigenvalue weighted by atomic mass is 35.5. The number of nitrogens with two attached hydrogens (primary N) is 2. The molecule has 6 aromatic carbocycles. The Morgan fingerprint density at radius 3 is 1.40 bits per heavy atom. The number of alkyl halides is 2. The van der Waals surface area contributed by atoms with Crippen LogP contribution in [0.15, 0.2) is 146 Å². The molecule has 4 bridgehead atoms. The van der Waals surface area contributed by atoms with Crippen LogP contribution in [0.2, 0.25) is 15.1 Å². The van der Waals surface area contributed by atoms with E-state index in [0.717, 1.165) is 91.1 Å². The summed E-state index contributed by atoms with van der Waals surface area (Å²) in [5.74, 6) is 12.1. The van der Waals surface area contributed by atoms with Crippen molar-refractivity contribution in [1.82, 2.24) is 44.4 Å². The number of hydrogen-bond acceptors (Lipinski definition) is 30. The van der Waals surface area contributed by atoms with Crippen molar-refractivity contribution in [2.45, 2.75) is 84.8 Å². The van der Waals surface area contributed by atoms with E-state index in [0.29, 0.717) is 142 Å². The van der Waals surface area contributed by atoms with E-state index in [9.17, 15) is 50.6 Å². The summed E-state index contributed by atoms with van der Waals surface area (Å²) in [5, 5.41) is 30.6. The highest BCUT2D eigenvalue weighted by Crippen LogP contribution is 2.75. The lowest BCUT2D eigenvalue weighted by molar-refractivity contribution is -0.185. The first-order valence-electron chi connectivity index (χ1n) is 41.8. The molecule has 0 saturated heterocycles. The van der Waals surface area contributed by atoms with E-state index in [1.165, 1.54) is 37.2 Å². The third-order valence-corrected chi connectivity index (χ3v) is 25.4. The molecular formula is C91H94Cl5N19O16S4. The molecule has 135 heavy (non-hydrogen) atoms. The maximum absolute atomic E-state index is 13.2. The minimum Gasteiger partial charge on any atom is -0.492 e. The Hall–Kier alpha value is -12.6. The van der Waals surface area contributed by atoms with Gasteiger partial charge in [-0.15, -0.1) is 23.2 Å². The Labute approximate surface area is 806 Å². The van der Waals surface area contributed by atoms with E-state index >= 15 is 0 Å². The lowest BCUT2D eigenvalue weighted by Gasteiger charge is -2.69. The number of nitriles is 3. The molecule has 7 aliphatic rings. The molecule has 1 aliphatic heterocycles. The summed E-state index contributed by atoms with van der Waals surface area (Å²) >= 11 is 30.4. The number of nitrogens with zero attached hydrogens (tertiary/aromatic N) is 13. The fourth-order valence-corrected chi connectivity index (χ4v) is 19.2. The number of anilines is 8. The second-order valence-electron chi connectivity index (χ2n) is 33.2. The minimum atomic E-state index is -3.51. The second kappa shape index (κ2) is 42.1. The lowest BCUT2D eigenvalue weighted by Crippen LogP contribution is -2.67. The number of Topliss-reactive ketones (excluding diaryl/α,β-unsaturated/α-hetero) is 2. The van der Waals surface area contributed by atoms with Crippen molar-refractivity contribution >= 4 is 178 Å². The maximum Gasteiger partial charge on any atom is 0.238 e. The number of nitrogens with one attached hydrogen (secondary N) is 4. The van der Waals surface area contributed by atoms with Crippen LogP contribution in [0.5, 0.6) is 46.3 Å². The van der Waals surface area contributed by atoms with Crippen LogP contribution in [0.1, 0.15) is 119 Å². The molecular weight excluding hydrogens is 1920 g/mol. The van der Waals surface area contributed by atoms with Crippen LogP contribution in [0, 0.1) is 55.7 Å². The zero-order valence-corrected chi connectivity index (χ0v) is 81.0. The van der Waals surface area contributed by atoms with E-state index in [1.807, 2.05) is 97.4 Å². The van der Waals surface area contributed by atoms with Gasteiger partial charge >= 0.3 is 0 Å². The van der Waals surface area contributed by atoms with Crippen LogP contribution in [-0.4, -0.2) is 176 Å². The van der Waals surface area contributed by atoms with Gasteiger partial charge in [-0.3, -0.25) is 28.5 Å². The Morgan fingerprint density at radius 1 is 0.489 bits per heavy atom. The molecule has 6 fully saturated rings. The highest BCUT2D eigenvalue weighted by Gasteiger charge is 2.72. The average molecular weight is 2020 g/mol. The van der Waals surface area contributed by atoms with Crippen LogP contribution in [0.3, 0.4) is 0 Å². The topological polar surface area (TPSA) is 493 Å². The first-order chi connectivity index (χ1) is 64.2. The smallest absolute Gasteiger partial charge is 0.238 e. The second-order valence-corrected chi connectivity index (χ2v) is 43.1. The molecule has 6 aliphatic carbocycles. The summed E-state index contributed by atoms with van der Waals surface area (Å²) in [7, 11) is -12.0. The van der Waals surface area contributed by atoms with Gasteiger partial charge in [0.2, 0.25) is 55.6 Å². The molecule has 44 heteroatoms. The van der Waals surface area contributed by atoms with E-state index in [-0.39, 0.29) is 105 Å². The summed E-state index contributed by atoms with van der Waals surface area (Å²) in [5.41, 5.74) is 18.8. The number of ether oxygens (including phenoxy) is 8. The van der Waals surface area contributed by atoms with Gasteiger partial charge in [-0.05, 0) is 178 Å². The molecule has 2 atom stereocenters. The Morgan fingerprint density at radius 2 is 0.926 bits per heavy atom. The van der Waals surface area contributed by atoms with Crippen molar-refractivity contribution in [1.29, 1.82) is 15.8 Å². The van der Waals surface area contributed by atoms with Gasteiger partial charge in [-0.2, -0.15) is 35.7 Å². The molecule has 5 aromatic heterocycles. The van der Waals surface area contributed by atoms with E-state index in [1.54, 1.807) is 48.7 Å². The number of aromatic nitrogens is 9. The summed E-state index contributed by atoms with van der Waals surface area (Å²) in [6.45, 7) is 7.45. The monoisotopic (exact) mass is 2010 g/mol. The van der Waals surface area contributed by atoms with Gasteiger partial charge in [0, 0.05) is 137 Å². The van der Waals surface area contributed by atoms with Crippen LogP contribution < -0.4 is 73.2 Å². The van der Waals surface area contributed by atoms with Crippen molar-refractivity contribution in [3.8, 4) is 70.2 Å². The van der Waals surface area contributed by atoms with Crippen LogP contribution in [-0.2, 0) is 59.1 Å². The van der Waals surface area contributed by atoms with Gasteiger partial charge < -0.3 is 58.8 Å². The molecule has 6 saturated carbocycles. The van der Waals surface area contributed by atoms with Crippen LogP contribution >= 0.6 is 58.0 Å². The maximum atomic E-state index is 13.2. The molecule has 6 heterocycles. The molecule has 35 nitrogen and oxygen atoms in total. The van der Waals surface area contributed by atoms with E-state index < -0.39 is 44.9 Å². The molecule has 2 unspecified atom stereocenters. The van der Waals surface area contributed by atoms with Crippen LogP contribution in [0.4, 0.5) is 46.8 Å². The predicted molar refractivity (Wildman–Crippen MR) is 522 cm³/mol. The lowest BCUT2D eigenvalue weighted by atomic mass is 9.34. The number of hydrogen-bond donors (Lipinski definition) is 6. The standard InChI is InChI=1S/C24H25ClN6O4S.C24H23ClN6O4S.C22H22Cl2N4O4S.C21H24ClN3O4S/c2*1-3-8-34-22-16(12-26)9-18(11-20(22)25)31-7-6-15-10-19(4-5-21(15)31)35-14-17-13-28-24(29-23(17)27)30-36(2,32)33;1-33(2,30)28-20-26-5-3-17(27-20)32-13-21-10-22(11-21,12-21)19(29)14-7-15(9-25)18(16(24)8-14)31-6-4-23;1-30(2,27)25-19-23-9-7-17(24-19)29-14-20-11-21(12-20,13-20)18(26)15-3-5-16(6-4-15)28-10-8-22/h4-5,9-11,13H,3,6-8,14H2,1-2H3,(H3,27,28,29,30);4-7,9-11,13H,3,8,14H2,1-2H3,(H3,27,28,29,30);3,5,7-8H,1,4,6,10-13H2,2H3,(H,26,27,28,30);3-7,9H,1,8,10-14H2,2H3,(H,23,24,25,27). The van der Waals surface area contributed by atoms with Crippen molar-refractivity contribution in [2.75, 3.05) is 118 Å². The molecule has 0 spiro atoms. The minimum absolute atomic E-state index is 0.0201. The number of rotatable bonds is 38. The van der Waals surface area contributed by atoms with E-state index in [2.05, 4.69) is 87.5 Å². The quantitative estimate of drug-likeness (QED) is 0.0119. The molecule has 0 amide bonds. The number of benzene rings is 6. The Balaban J connectivity index is 0.000000153. The molecule has 708 valence electrons. The Bertz CT molecular complexity index is 6930. The summed E-state index contributed by atoms with van der Waals surface area (Å²) < 4.78 is 126. The fraction of sp³-hybridized carbons (Fsp3) is 0.330. The van der Waals surface area contributed by atoms with Gasteiger partial charge in [0.15, 0.2) is 28.8 Å². The third-order valence-electron chi connectivity index (χ3n) is 21.9. The Kier molecular flexibility index (Phi) is 31.1. The molecule has 18 rings (SSSR count). The van der Waals surface area contributed by atoms with Gasteiger partial charge in [-0.25, -0.2) is 45.2 Å². The highest BCUT2D eigenvalue weighted by molar-refractivity contribution is 8.01. The number of nitrogen functional groups attached to an aromatic ring is 2. The van der Waals surface area contributed by atoms with Crippen molar-refractivity contribution < 1.29 is 72.7 Å². The average Bonchev–Trinajstić information content (AvgIpc) is 1.62. The number of ketones is 2. The summed E-state index contributed by atoms with van der Waals surface area (Å²) in [4.78, 5) is 60.5. The predicted octanol–water partition coefficient (Wildman–Crippen LogP) is 15.2. The zero-order chi connectivity index (χ0) is 97.0. The van der Waals surface area contributed by atoms with E-state index in [4.69, 9.17) is 107 Å². The van der Waals surface area contributed by atoms with Gasteiger partial charge in [-0.1, -0.05) is 48.7 Å². The first kappa shape index (κ1) is 99.8. The third kappa shape index (κ3) is 24.9. The SMILES string of the molecule is C=S(C)(=O)Nc1nccc(OCC23CC(C(=O)c4cc(Cl)c(OCCCl)c(C#N)c4)(C2)C3)n1.C=S(C)(=O)Nc1nccc(OCC23CC(C(=O)c4ccc(OCCCl)cc4)(C2)C3)n1.CCCOc1c(Cl)cc(-n2ccc3cc(OCc4cnc(NS(C)(=O)=O)nc4N)ccc32)cc1C#N.CCCOc1c(Cl)cc(N2CCc3cc(OCc4cnc(NS(C)(=O)=O)nc4N)ccc32)cc1C#N.